The molecule has 1 amide bonds. The van der Waals surface area contributed by atoms with Crippen molar-refractivity contribution in [3.05, 3.63) is 12.2 Å². The summed E-state index contributed by atoms with van der Waals surface area (Å²) in [6.45, 7) is 4.05. The maximum Gasteiger partial charge on any atom is 0.322 e. The van der Waals surface area contributed by atoms with Gasteiger partial charge in [-0.3, -0.25) is 14.4 Å². The second-order valence-electron chi connectivity index (χ2n) is 9.30. The summed E-state index contributed by atoms with van der Waals surface area (Å²) >= 11 is 0. The normalized spacial score (nSPS) is 12.1. The fourth-order valence-electron chi connectivity index (χ4n) is 3.84. The number of carboxylic acid groups (broad SMARTS) is 1. The zero-order chi connectivity index (χ0) is 25.3. The molecule has 0 spiro atoms. The molecule has 0 rings (SSSR count). The number of hydrogen-bond acceptors (Lipinski definition) is 4. The molecule has 6 nitrogen and oxygen atoms in total. The first-order valence-corrected chi connectivity index (χ1v) is 13.8. The van der Waals surface area contributed by atoms with Crippen molar-refractivity contribution in [2.45, 2.75) is 142 Å². The summed E-state index contributed by atoms with van der Waals surface area (Å²) in [5.74, 6) is -1.34. The number of carboxylic acids is 1. The minimum atomic E-state index is -1.03. The van der Waals surface area contributed by atoms with E-state index in [9.17, 15) is 14.4 Å². The Labute approximate surface area is 208 Å². The van der Waals surface area contributed by atoms with Crippen molar-refractivity contribution >= 4 is 17.8 Å². The molecule has 1 unspecified atom stereocenters. The maximum absolute atomic E-state index is 12.3. The van der Waals surface area contributed by atoms with E-state index in [1.807, 2.05) is 6.08 Å². The molecular weight excluding hydrogens is 430 g/mol. The van der Waals surface area contributed by atoms with Gasteiger partial charge in [0, 0.05) is 12.8 Å². The molecule has 0 aromatic carbocycles. The van der Waals surface area contributed by atoms with Gasteiger partial charge in [-0.15, -0.1) is 0 Å². The SMILES string of the molecule is CCC/C=C\C(CCCCCCC(=O)NCC(=O)O)OC(=O)CCCCCCCCCCCC. The van der Waals surface area contributed by atoms with Gasteiger partial charge in [0.15, 0.2) is 0 Å². The van der Waals surface area contributed by atoms with Crippen LogP contribution >= 0.6 is 0 Å². The van der Waals surface area contributed by atoms with Crippen LogP contribution in [-0.2, 0) is 19.1 Å². The fraction of sp³-hybridized carbons (Fsp3) is 0.821. The van der Waals surface area contributed by atoms with Gasteiger partial charge in [-0.25, -0.2) is 0 Å². The minimum Gasteiger partial charge on any atom is -0.480 e. The van der Waals surface area contributed by atoms with Gasteiger partial charge in [0.2, 0.25) is 5.91 Å². The molecule has 0 aliphatic heterocycles. The van der Waals surface area contributed by atoms with Gasteiger partial charge in [-0.2, -0.15) is 0 Å². The lowest BCUT2D eigenvalue weighted by atomic mass is 10.1. The first-order chi connectivity index (χ1) is 16.5. The highest BCUT2D eigenvalue weighted by molar-refractivity contribution is 5.80. The molecule has 0 aromatic rings. The van der Waals surface area contributed by atoms with E-state index in [2.05, 4.69) is 25.2 Å². The molecule has 0 saturated heterocycles. The standard InChI is InChI=1S/C28H51NO5/c1-3-5-7-8-9-10-11-12-13-19-23-28(33)34-25(20-16-6-4-2)21-17-14-15-18-22-26(30)29-24-27(31)32/h16,20,25H,3-15,17-19,21-24H2,1-2H3,(H,29,30)(H,31,32)/b20-16-. The Morgan fingerprint density at radius 3 is 1.91 bits per heavy atom. The summed E-state index contributed by atoms with van der Waals surface area (Å²) in [4.78, 5) is 34.3. The number of carbonyl (C=O) groups is 3. The molecular formula is C28H51NO5. The highest BCUT2D eigenvalue weighted by Crippen LogP contribution is 2.15. The predicted octanol–water partition coefficient (Wildman–Crippen LogP) is 7.11. The van der Waals surface area contributed by atoms with E-state index in [0.29, 0.717) is 12.8 Å². The lowest BCUT2D eigenvalue weighted by Crippen LogP contribution is -2.28. The average molecular weight is 482 g/mol. The van der Waals surface area contributed by atoms with Crippen molar-refractivity contribution in [1.29, 1.82) is 0 Å². The Kier molecular flexibility index (Phi) is 23.0. The lowest BCUT2D eigenvalue weighted by molar-refractivity contribution is -0.147. The van der Waals surface area contributed by atoms with Crippen LogP contribution < -0.4 is 5.32 Å². The lowest BCUT2D eigenvalue weighted by Gasteiger charge is -2.15. The van der Waals surface area contributed by atoms with Gasteiger partial charge in [0.25, 0.3) is 0 Å². The van der Waals surface area contributed by atoms with E-state index in [4.69, 9.17) is 9.84 Å². The van der Waals surface area contributed by atoms with E-state index in [1.54, 1.807) is 0 Å². The van der Waals surface area contributed by atoms with Gasteiger partial charge < -0.3 is 15.2 Å². The summed E-state index contributed by atoms with van der Waals surface area (Å²) in [5, 5.41) is 10.9. The topological polar surface area (TPSA) is 92.7 Å². The van der Waals surface area contributed by atoms with Crippen molar-refractivity contribution in [3.8, 4) is 0 Å². The highest BCUT2D eigenvalue weighted by atomic mass is 16.5. The summed E-state index contributed by atoms with van der Waals surface area (Å²) in [6, 6.07) is 0. The van der Waals surface area contributed by atoms with E-state index >= 15 is 0 Å². The zero-order valence-corrected chi connectivity index (χ0v) is 22.0. The number of carbonyl (C=O) groups excluding carboxylic acids is 2. The number of aliphatic carboxylic acids is 1. The van der Waals surface area contributed by atoms with Gasteiger partial charge in [-0.1, -0.05) is 97.0 Å². The first kappa shape index (κ1) is 32.1. The van der Waals surface area contributed by atoms with Crippen LogP contribution in [0.2, 0.25) is 0 Å². The zero-order valence-electron chi connectivity index (χ0n) is 22.0. The van der Waals surface area contributed by atoms with Crippen LogP contribution in [0.5, 0.6) is 0 Å². The third-order valence-corrected chi connectivity index (χ3v) is 5.90. The van der Waals surface area contributed by atoms with Crippen LogP contribution in [0, 0.1) is 0 Å². The van der Waals surface area contributed by atoms with Crippen LogP contribution in [-0.4, -0.2) is 35.6 Å². The largest absolute Gasteiger partial charge is 0.480 e. The second kappa shape index (κ2) is 24.3. The molecule has 34 heavy (non-hydrogen) atoms. The first-order valence-electron chi connectivity index (χ1n) is 13.8. The van der Waals surface area contributed by atoms with Crippen molar-refractivity contribution in [2.24, 2.45) is 0 Å². The molecule has 0 aromatic heterocycles. The molecule has 2 N–H and O–H groups in total. The molecule has 0 fully saturated rings. The number of amides is 1. The predicted molar refractivity (Wildman–Crippen MR) is 139 cm³/mol. The Morgan fingerprint density at radius 1 is 0.765 bits per heavy atom. The molecule has 0 aliphatic carbocycles. The summed E-state index contributed by atoms with van der Waals surface area (Å²) in [7, 11) is 0. The number of hydrogen-bond donors (Lipinski definition) is 2. The maximum atomic E-state index is 12.3. The van der Waals surface area contributed by atoms with Gasteiger partial charge in [0.05, 0.1) is 0 Å². The molecule has 1 atom stereocenters. The smallest absolute Gasteiger partial charge is 0.322 e. The Bertz CT molecular complexity index is 547. The molecule has 198 valence electrons. The third kappa shape index (κ3) is 23.3. The Hall–Kier alpha value is -1.85. The van der Waals surface area contributed by atoms with E-state index in [-0.39, 0.29) is 24.5 Å². The van der Waals surface area contributed by atoms with Crippen LogP contribution in [0.3, 0.4) is 0 Å². The van der Waals surface area contributed by atoms with Gasteiger partial charge in [-0.05, 0) is 38.2 Å². The number of rotatable bonds is 24. The van der Waals surface area contributed by atoms with E-state index in [0.717, 1.165) is 57.8 Å². The number of ether oxygens (including phenoxy) is 1. The molecule has 0 bridgehead atoms. The molecule has 0 heterocycles. The molecule has 0 saturated carbocycles. The van der Waals surface area contributed by atoms with Crippen LogP contribution in [0.1, 0.15) is 136 Å². The molecule has 6 heteroatoms. The quantitative estimate of drug-likeness (QED) is 0.0870. The average Bonchev–Trinajstić information content (AvgIpc) is 2.81. The highest BCUT2D eigenvalue weighted by Gasteiger charge is 2.11. The monoisotopic (exact) mass is 481 g/mol. The molecule has 0 aliphatic rings. The number of allylic oxidation sites excluding steroid dienone is 1. The summed E-state index contributed by atoms with van der Waals surface area (Å²) in [6.07, 6.45) is 23.7. The van der Waals surface area contributed by atoms with Crippen molar-refractivity contribution in [1.82, 2.24) is 5.32 Å². The van der Waals surface area contributed by atoms with E-state index in [1.165, 1.54) is 51.4 Å². The second-order valence-corrected chi connectivity index (χ2v) is 9.30. The Morgan fingerprint density at radius 2 is 1.32 bits per heavy atom. The number of esters is 1. The summed E-state index contributed by atoms with van der Waals surface area (Å²) < 4.78 is 5.73. The van der Waals surface area contributed by atoms with Crippen molar-refractivity contribution in [2.75, 3.05) is 6.54 Å². The van der Waals surface area contributed by atoms with Crippen LogP contribution in [0.15, 0.2) is 12.2 Å². The summed E-state index contributed by atoms with van der Waals surface area (Å²) in [5.41, 5.74) is 0. The van der Waals surface area contributed by atoms with Crippen molar-refractivity contribution in [3.63, 3.8) is 0 Å². The van der Waals surface area contributed by atoms with Crippen LogP contribution in [0.25, 0.3) is 0 Å². The van der Waals surface area contributed by atoms with E-state index < -0.39 is 5.97 Å². The minimum absolute atomic E-state index is 0.0965. The van der Waals surface area contributed by atoms with Gasteiger partial charge >= 0.3 is 11.9 Å². The third-order valence-electron chi connectivity index (χ3n) is 5.90. The van der Waals surface area contributed by atoms with Crippen molar-refractivity contribution < 1.29 is 24.2 Å². The van der Waals surface area contributed by atoms with Gasteiger partial charge in [0.1, 0.15) is 12.6 Å². The number of unbranched alkanes of at least 4 members (excludes halogenated alkanes) is 13. The number of nitrogens with one attached hydrogen (secondary N) is 1. The fourth-order valence-corrected chi connectivity index (χ4v) is 3.84. The Balaban J connectivity index is 3.95. The molecule has 0 radical (unpaired) electrons. The van der Waals surface area contributed by atoms with Crippen LogP contribution in [0.4, 0.5) is 0 Å².